The van der Waals surface area contributed by atoms with E-state index in [4.69, 9.17) is 11.6 Å². The number of alkyl halides is 1. The summed E-state index contributed by atoms with van der Waals surface area (Å²) in [7, 11) is 0. The van der Waals surface area contributed by atoms with Crippen molar-refractivity contribution in [1.29, 1.82) is 0 Å². The van der Waals surface area contributed by atoms with Gasteiger partial charge in [0.15, 0.2) is 0 Å². The summed E-state index contributed by atoms with van der Waals surface area (Å²) in [4.78, 5) is 4.56. The summed E-state index contributed by atoms with van der Waals surface area (Å²) < 4.78 is 16.4. The first kappa shape index (κ1) is 14.5. The van der Waals surface area contributed by atoms with Gasteiger partial charge in [-0.3, -0.25) is 4.57 Å². The van der Waals surface area contributed by atoms with Gasteiger partial charge in [-0.25, -0.2) is 9.37 Å². The van der Waals surface area contributed by atoms with Crippen LogP contribution in [-0.4, -0.2) is 9.55 Å². The smallest absolute Gasteiger partial charge is 0.139 e. The molecule has 0 fully saturated rings. The molecule has 21 heavy (non-hydrogen) atoms. The molecule has 0 saturated heterocycles. The van der Waals surface area contributed by atoms with Crippen LogP contribution in [0.3, 0.4) is 0 Å². The van der Waals surface area contributed by atoms with Crippen LogP contribution in [0.15, 0.2) is 34.8 Å². The molecule has 0 N–H and O–H groups in total. The van der Waals surface area contributed by atoms with Gasteiger partial charge in [0.2, 0.25) is 0 Å². The lowest BCUT2D eigenvalue weighted by Crippen LogP contribution is -2.03. The first-order valence-corrected chi connectivity index (χ1v) is 7.84. The molecule has 0 unspecified atom stereocenters. The Labute approximate surface area is 135 Å². The van der Waals surface area contributed by atoms with Crippen LogP contribution in [-0.2, 0) is 5.88 Å². The highest BCUT2D eigenvalue weighted by Gasteiger charge is 2.16. The molecule has 0 saturated carbocycles. The van der Waals surface area contributed by atoms with Crippen LogP contribution in [0.1, 0.15) is 17.0 Å². The fraction of sp³-hybridized carbons (Fsp3) is 0.188. The van der Waals surface area contributed by atoms with Gasteiger partial charge in [-0.2, -0.15) is 0 Å². The van der Waals surface area contributed by atoms with Crippen molar-refractivity contribution in [2.45, 2.75) is 19.7 Å². The average molecular weight is 368 g/mol. The van der Waals surface area contributed by atoms with Crippen molar-refractivity contribution in [3.8, 4) is 5.69 Å². The number of aryl methyl sites for hydroxylation is 2. The van der Waals surface area contributed by atoms with Crippen LogP contribution in [0.2, 0.25) is 0 Å². The molecule has 2 nitrogen and oxygen atoms in total. The van der Waals surface area contributed by atoms with Crippen molar-refractivity contribution < 1.29 is 4.39 Å². The van der Waals surface area contributed by atoms with Crippen molar-refractivity contribution in [3.63, 3.8) is 0 Å². The molecule has 0 aliphatic heterocycles. The molecule has 0 amide bonds. The maximum atomic E-state index is 14.0. The Kier molecular flexibility index (Phi) is 3.76. The highest BCUT2D eigenvalue weighted by Crippen LogP contribution is 2.29. The third-order valence-electron chi connectivity index (χ3n) is 3.55. The van der Waals surface area contributed by atoms with Gasteiger partial charge in [0, 0.05) is 0 Å². The van der Waals surface area contributed by atoms with E-state index < -0.39 is 0 Å². The molecule has 0 spiro atoms. The van der Waals surface area contributed by atoms with E-state index in [1.807, 2.05) is 36.6 Å². The van der Waals surface area contributed by atoms with E-state index in [0.717, 1.165) is 27.8 Å². The molecule has 0 atom stereocenters. The molecule has 3 rings (SSSR count). The minimum absolute atomic E-state index is 0.269. The van der Waals surface area contributed by atoms with E-state index in [1.54, 1.807) is 6.07 Å². The molecule has 3 aromatic rings. The average Bonchev–Trinajstić information content (AvgIpc) is 2.82. The Morgan fingerprint density at radius 2 is 2.00 bits per heavy atom. The Morgan fingerprint density at radius 3 is 2.71 bits per heavy atom. The van der Waals surface area contributed by atoms with Crippen LogP contribution in [0, 0.1) is 19.7 Å². The Morgan fingerprint density at radius 1 is 1.24 bits per heavy atom. The van der Waals surface area contributed by atoms with Crippen LogP contribution >= 0.6 is 27.5 Å². The zero-order valence-electron chi connectivity index (χ0n) is 11.6. The summed E-state index contributed by atoms with van der Waals surface area (Å²) in [5.74, 6) is 0.683. The third-order valence-corrected chi connectivity index (χ3v) is 4.39. The summed E-state index contributed by atoms with van der Waals surface area (Å²) >= 11 is 9.26. The van der Waals surface area contributed by atoms with Crippen LogP contribution in [0.4, 0.5) is 4.39 Å². The first-order valence-electron chi connectivity index (χ1n) is 6.52. The van der Waals surface area contributed by atoms with Crippen molar-refractivity contribution in [2.75, 3.05) is 0 Å². The number of rotatable bonds is 2. The lowest BCUT2D eigenvalue weighted by molar-refractivity contribution is 0.619. The lowest BCUT2D eigenvalue weighted by atomic mass is 10.1. The van der Waals surface area contributed by atoms with Crippen LogP contribution in [0.5, 0.6) is 0 Å². The zero-order valence-corrected chi connectivity index (χ0v) is 14.0. The largest absolute Gasteiger partial charge is 0.295 e. The monoisotopic (exact) mass is 366 g/mol. The second kappa shape index (κ2) is 5.43. The fourth-order valence-electron chi connectivity index (χ4n) is 2.57. The van der Waals surface area contributed by atoms with E-state index in [2.05, 4.69) is 20.9 Å². The van der Waals surface area contributed by atoms with Crippen LogP contribution in [0.25, 0.3) is 16.7 Å². The second-order valence-electron chi connectivity index (χ2n) is 4.99. The van der Waals surface area contributed by atoms with Crippen molar-refractivity contribution >= 4 is 38.6 Å². The maximum Gasteiger partial charge on any atom is 0.139 e. The van der Waals surface area contributed by atoms with E-state index >= 15 is 0 Å². The molecular weight excluding hydrogens is 355 g/mol. The number of fused-ring (bicyclic) bond motifs is 1. The second-order valence-corrected chi connectivity index (χ2v) is 6.11. The van der Waals surface area contributed by atoms with Crippen molar-refractivity contribution in [2.24, 2.45) is 0 Å². The van der Waals surface area contributed by atoms with Gasteiger partial charge in [-0.05, 0) is 59.1 Å². The van der Waals surface area contributed by atoms with Gasteiger partial charge >= 0.3 is 0 Å². The number of benzene rings is 2. The van der Waals surface area contributed by atoms with Crippen LogP contribution < -0.4 is 0 Å². The highest BCUT2D eigenvalue weighted by atomic mass is 79.9. The lowest BCUT2D eigenvalue weighted by Gasteiger charge is -2.13. The fourth-order valence-corrected chi connectivity index (χ4v) is 3.21. The van der Waals surface area contributed by atoms with Gasteiger partial charge in [0.05, 0.1) is 27.1 Å². The number of hydrogen-bond donors (Lipinski definition) is 0. The summed E-state index contributed by atoms with van der Waals surface area (Å²) in [5.41, 5.74) is 4.64. The molecule has 0 bridgehead atoms. The summed E-state index contributed by atoms with van der Waals surface area (Å²) in [5, 5.41) is 0. The predicted octanol–water partition coefficient (Wildman–Crippen LogP) is 5.28. The highest BCUT2D eigenvalue weighted by molar-refractivity contribution is 9.10. The van der Waals surface area contributed by atoms with Gasteiger partial charge in [0.25, 0.3) is 0 Å². The standard InChI is InChI=1S/C16H13BrClFN2/c1-9-4-3-5-13-16(9)21(15(8-18)20-13)14-7-12(19)11(17)6-10(14)2/h3-7H,8H2,1-2H3. The number of imidazole rings is 1. The minimum Gasteiger partial charge on any atom is -0.295 e. The number of halogens is 3. The topological polar surface area (TPSA) is 17.8 Å². The van der Waals surface area contributed by atoms with Gasteiger partial charge in [-0.1, -0.05) is 12.1 Å². The normalized spacial score (nSPS) is 11.3. The molecule has 1 aromatic heterocycles. The number of para-hydroxylation sites is 1. The van der Waals surface area contributed by atoms with Gasteiger partial charge < -0.3 is 0 Å². The van der Waals surface area contributed by atoms with Gasteiger partial charge in [-0.15, -0.1) is 11.6 Å². The molecular formula is C16H13BrClFN2. The molecule has 0 radical (unpaired) electrons. The summed E-state index contributed by atoms with van der Waals surface area (Å²) in [6, 6.07) is 9.21. The number of nitrogens with zero attached hydrogens (tertiary/aromatic N) is 2. The Hall–Kier alpha value is -1.39. The predicted molar refractivity (Wildman–Crippen MR) is 87.8 cm³/mol. The molecule has 108 valence electrons. The molecule has 0 aliphatic rings. The molecule has 1 heterocycles. The number of hydrogen-bond acceptors (Lipinski definition) is 1. The van der Waals surface area contributed by atoms with E-state index in [9.17, 15) is 4.39 Å². The minimum atomic E-state index is -0.299. The number of aromatic nitrogens is 2. The zero-order chi connectivity index (χ0) is 15.1. The first-order chi connectivity index (χ1) is 10.0. The van der Waals surface area contributed by atoms with Gasteiger partial charge in [0.1, 0.15) is 11.6 Å². The quantitative estimate of drug-likeness (QED) is 0.563. The van der Waals surface area contributed by atoms with E-state index in [-0.39, 0.29) is 11.7 Å². The van der Waals surface area contributed by atoms with E-state index in [0.29, 0.717) is 10.3 Å². The van der Waals surface area contributed by atoms with E-state index in [1.165, 1.54) is 6.07 Å². The Bertz CT molecular complexity index is 842. The third kappa shape index (κ3) is 2.36. The summed E-state index contributed by atoms with van der Waals surface area (Å²) in [6.45, 7) is 3.96. The maximum absolute atomic E-state index is 14.0. The molecule has 5 heteroatoms. The SMILES string of the molecule is Cc1cc(Br)c(F)cc1-n1c(CCl)nc2cccc(C)c21. The molecule has 0 aliphatic carbocycles. The van der Waals surface area contributed by atoms with Crippen molar-refractivity contribution in [1.82, 2.24) is 9.55 Å². The summed E-state index contributed by atoms with van der Waals surface area (Å²) in [6.07, 6.45) is 0. The van der Waals surface area contributed by atoms with Crippen molar-refractivity contribution in [3.05, 3.63) is 57.6 Å². The Balaban J connectivity index is 2.41. The molecule has 2 aromatic carbocycles.